The molecule has 0 aliphatic heterocycles. The monoisotopic (exact) mass is 294 g/mol. The van der Waals surface area contributed by atoms with E-state index in [9.17, 15) is 4.79 Å². The Balaban J connectivity index is 1.86. The van der Waals surface area contributed by atoms with Crippen molar-refractivity contribution in [3.63, 3.8) is 0 Å². The van der Waals surface area contributed by atoms with E-state index in [-0.39, 0.29) is 12.1 Å². The van der Waals surface area contributed by atoms with Gasteiger partial charge >= 0.3 is 5.97 Å². The van der Waals surface area contributed by atoms with Gasteiger partial charge in [0.2, 0.25) is 11.7 Å². The molecule has 21 heavy (non-hydrogen) atoms. The molecule has 1 aromatic rings. The molecule has 6 heteroatoms. The fraction of sp³-hybridized carbons (Fsp3) is 0.800. The molecular weight excluding hydrogens is 272 g/mol. The summed E-state index contributed by atoms with van der Waals surface area (Å²) in [4.78, 5) is 16.9. The van der Waals surface area contributed by atoms with Crippen molar-refractivity contribution in [1.29, 1.82) is 0 Å². The van der Waals surface area contributed by atoms with E-state index < -0.39 is 5.41 Å². The Bertz CT molecular complexity index is 504. The number of rotatable bonds is 6. The van der Waals surface area contributed by atoms with Crippen LogP contribution in [0, 0.1) is 5.92 Å². The number of aromatic nitrogens is 2. The molecular formula is C15H22N2O4. The van der Waals surface area contributed by atoms with Gasteiger partial charge in [0.15, 0.2) is 0 Å². The number of hydrogen-bond donors (Lipinski definition) is 0. The van der Waals surface area contributed by atoms with Crippen LogP contribution in [-0.2, 0) is 19.7 Å². The molecule has 2 saturated carbocycles. The van der Waals surface area contributed by atoms with Gasteiger partial charge in [-0.05, 0) is 38.5 Å². The molecule has 1 heterocycles. The Kier molecular flexibility index (Phi) is 3.97. The Labute approximate surface area is 124 Å². The number of esters is 1. The standard InChI is InChI=1S/C15H22N2O4/c1-3-20-14(18)15(8-4-5-9-15)13-16-12(17-21-13)11(19-2)10-6-7-10/h10-11H,3-9H2,1-2H3. The van der Waals surface area contributed by atoms with E-state index in [1.165, 1.54) is 0 Å². The summed E-state index contributed by atoms with van der Waals surface area (Å²) in [5, 5.41) is 4.06. The average molecular weight is 294 g/mol. The van der Waals surface area contributed by atoms with Gasteiger partial charge in [0.1, 0.15) is 11.5 Å². The number of hydrogen-bond acceptors (Lipinski definition) is 6. The van der Waals surface area contributed by atoms with Gasteiger partial charge in [-0.3, -0.25) is 4.79 Å². The predicted octanol–water partition coefficient (Wildman–Crippen LogP) is 2.54. The molecule has 1 aromatic heterocycles. The van der Waals surface area contributed by atoms with Gasteiger partial charge in [0.25, 0.3) is 0 Å². The van der Waals surface area contributed by atoms with Crippen LogP contribution in [0.1, 0.15) is 63.3 Å². The molecule has 0 bridgehead atoms. The van der Waals surface area contributed by atoms with Crippen LogP contribution in [0.3, 0.4) is 0 Å². The second-order valence-electron chi connectivity index (χ2n) is 5.96. The summed E-state index contributed by atoms with van der Waals surface area (Å²) >= 11 is 0. The van der Waals surface area contributed by atoms with Crippen molar-refractivity contribution in [2.24, 2.45) is 5.92 Å². The highest BCUT2D eigenvalue weighted by atomic mass is 16.5. The molecule has 2 aliphatic carbocycles. The van der Waals surface area contributed by atoms with Crippen molar-refractivity contribution in [2.45, 2.75) is 57.0 Å². The molecule has 0 radical (unpaired) electrons. The van der Waals surface area contributed by atoms with Crippen LogP contribution in [0.25, 0.3) is 0 Å². The van der Waals surface area contributed by atoms with Gasteiger partial charge in [-0.15, -0.1) is 0 Å². The van der Waals surface area contributed by atoms with Crippen molar-refractivity contribution in [1.82, 2.24) is 10.1 Å². The largest absolute Gasteiger partial charge is 0.465 e. The lowest BCUT2D eigenvalue weighted by Crippen LogP contribution is -2.35. The molecule has 0 spiro atoms. The topological polar surface area (TPSA) is 74.5 Å². The Morgan fingerprint density at radius 2 is 2.14 bits per heavy atom. The van der Waals surface area contributed by atoms with Crippen molar-refractivity contribution in [2.75, 3.05) is 13.7 Å². The van der Waals surface area contributed by atoms with Crippen molar-refractivity contribution in [3.05, 3.63) is 11.7 Å². The number of methoxy groups -OCH3 is 1. The number of ether oxygens (including phenoxy) is 2. The summed E-state index contributed by atoms with van der Waals surface area (Å²) in [5.74, 6) is 1.20. The minimum absolute atomic E-state index is 0.122. The summed E-state index contributed by atoms with van der Waals surface area (Å²) in [6, 6.07) is 0. The van der Waals surface area contributed by atoms with E-state index in [1.807, 2.05) is 6.92 Å². The van der Waals surface area contributed by atoms with Gasteiger partial charge in [-0.2, -0.15) is 4.98 Å². The SMILES string of the molecule is CCOC(=O)C1(c2nc(C(OC)C3CC3)no2)CCCC1. The first-order chi connectivity index (χ1) is 10.2. The Morgan fingerprint density at radius 1 is 1.43 bits per heavy atom. The molecule has 0 amide bonds. The average Bonchev–Trinajstić information content (AvgIpc) is 3.01. The van der Waals surface area contributed by atoms with Crippen LogP contribution in [0.4, 0.5) is 0 Å². The smallest absolute Gasteiger partial charge is 0.321 e. The lowest BCUT2D eigenvalue weighted by atomic mass is 9.86. The molecule has 116 valence electrons. The van der Waals surface area contributed by atoms with Crippen LogP contribution in [0.2, 0.25) is 0 Å². The normalized spacial score (nSPS) is 22.2. The third kappa shape index (κ3) is 2.57. The van der Waals surface area contributed by atoms with Crippen LogP contribution >= 0.6 is 0 Å². The van der Waals surface area contributed by atoms with E-state index in [1.54, 1.807) is 7.11 Å². The number of nitrogens with zero attached hydrogens (tertiary/aromatic N) is 2. The van der Waals surface area contributed by atoms with Crippen molar-refractivity contribution < 1.29 is 18.8 Å². The summed E-state index contributed by atoms with van der Waals surface area (Å²) in [5.41, 5.74) is -0.747. The minimum atomic E-state index is -0.747. The summed E-state index contributed by atoms with van der Waals surface area (Å²) in [7, 11) is 1.66. The highest BCUT2D eigenvalue weighted by Crippen LogP contribution is 2.44. The number of carbonyl (C=O) groups is 1. The summed E-state index contributed by atoms with van der Waals surface area (Å²) in [6.45, 7) is 2.18. The van der Waals surface area contributed by atoms with Gasteiger partial charge in [-0.1, -0.05) is 18.0 Å². The van der Waals surface area contributed by atoms with E-state index >= 15 is 0 Å². The Hall–Kier alpha value is -1.43. The molecule has 2 fully saturated rings. The third-order valence-corrected chi connectivity index (χ3v) is 4.53. The van der Waals surface area contributed by atoms with Crippen LogP contribution in [-0.4, -0.2) is 29.8 Å². The first-order valence-electron chi connectivity index (χ1n) is 7.75. The maximum absolute atomic E-state index is 12.4. The fourth-order valence-electron chi connectivity index (χ4n) is 3.21. The zero-order chi connectivity index (χ0) is 14.9. The van der Waals surface area contributed by atoms with Crippen LogP contribution < -0.4 is 0 Å². The van der Waals surface area contributed by atoms with Gasteiger partial charge in [-0.25, -0.2) is 0 Å². The summed E-state index contributed by atoms with van der Waals surface area (Å²) < 4.78 is 16.2. The van der Waals surface area contributed by atoms with E-state index in [0.29, 0.717) is 37.1 Å². The first kappa shape index (κ1) is 14.5. The lowest BCUT2D eigenvalue weighted by Gasteiger charge is -2.21. The second kappa shape index (κ2) is 5.75. The zero-order valence-corrected chi connectivity index (χ0v) is 12.6. The molecule has 0 N–H and O–H groups in total. The quantitative estimate of drug-likeness (QED) is 0.751. The first-order valence-corrected chi connectivity index (χ1v) is 7.75. The molecule has 6 nitrogen and oxygen atoms in total. The highest BCUT2D eigenvalue weighted by Gasteiger charge is 2.49. The molecule has 3 rings (SSSR count). The molecule has 1 unspecified atom stereocenters. The Morgan fingerprint density at radius 3 is 2.71 bits per heavy atom. The van der Waals surface area contributed by atoms with E-state index in [2.05, 4.69) is 10.1 Å². The molecule has 2 aliphatic rings. The minimum Gasteiger partial charge on any atom is -0.465 e. The van der Waals surface area contributed by atoms with Crippen LogP contribution in [0.5, 0.6) is 0 Å². The molecule has 0 saturated heterocycles. The van der Waals surface area contributed by atoms with Gasteiger partial charge in [0, 0.05) is 7.11 Å². The van der Waals surface area contributed by atoms with Gasteiger partial charge < -0.3 is 14.0 Å². The van der Waals surface area contributed by atoms with Gasteiger partial charge in [0.05, 0.1) is 6.61 Å². The molecule has 0 aromatic carbocycles. The van der Waals surface area contributed by atoms with Crippen LogP contribution in [0.15, 0.2) is 4.52 Å². The lowest BCUT2D eigenvalue weighted by molar-refractivity contribution is -0.151. The third-order valence-electron chi connectivity index (χ3n) is 4.53. The maximum Gasteiger partial charge on any atom is 0.321 e. The zero-order valence-electron chi connectivity index (χ0n) is 12.6. The predicted molar refractivity (Wildman–Crippen MR) is 73.6 cm³/mol. The molecule has 1 atom stereocenters. The number of carbonyl (C=O) groups excluding carboxylic acids is 1. The van der Waals surface area contributed by atoms with Crippen molar-refractivity contribution >= 4 is 5.97 Å². The van der Waals surface area contributed by atoms with E-state index in [4.69, 9.17) is 14.0 Å². The second-order valence-corrected chi connectivity index (χ2v) is 5.96. The van der Waals surface area contributed by atoms with Crippen molar-refractivity contribution in [3.8, 4) is 0 Å². The maximum atomic E-state index is 12.4. The summed E-state index contributed by atoms with van der Waals surface area (Å²) in [6.07, 6.45) is 5.53. The fourth-order valence-corrected chi connectivity index (χ4v) is 3.21. The highest BCUT2D eigenvalue weighted by molar-refractivity contribution is 5.82. The van der Waals surface area contributed by atoms with E-state index in [0.717, 1.165) is 25.7 Å².